The van der Waals surface area contributed by atoms with E-state index in [2.05, 4.69) is 5.32 Å². The van der Waals surface area contributed by atoms with Gasteiger partial charge in [0.1, 0.15) is 0 Å². The largest absolute Gasteiger partial charge is 0.481 e. The van der Waals surface area contributed by atoms with E-state index in [4.69, 9.17) is 9.84 Å². The Morgan fingerprint density at radius 1 is 1.29 bits per heavy atom. The van der Waals surface area contributed by atoms with Gasteiger partial charge in [0.25, 0.3) is 5.91 Å². The SMILES string of the molecule is CC(CC(=O)O)NC(=O)c1ccc(C2CCOCC2)cc1. The van der Waals surface area contributed by atoms with Crippen LogP contribution < -0.4 is 5.32 Å². The summed E-state index contributed by atoms with van der Waals surface area (Å²) in [7, 11) is 0. The maximum atomic E-state index is 12.0. The number of rotatable bonds is 5. The maximum absolute atomic E-state index is 12.0. The van der Waals surface area contributed by atoms with Gasteiger partial charge in [-0.3, -0.25) is 9.59 Å². The lowest BCUT2D eigenvalue weighted by atomic mass is 9.91. The first-order valence-electron chi connectivity index (χ1n) is 7.26. The molecule has 1 aliphatic rings. The van der Waals surface area contributed by atoms with E-state index in [-0.39, 0.29) is 18.4 Å². The highest BCUT2D eigenvalue weighted by Crippen LogP contribution is 2.26. The van der Waals surface area contributed by atoms with Crippen LogP contribution in [0.25, 0.3) is 0 Å². The minimum absolute atomic E-state index is 0.0775. The minimum atomic E-state index is -0.919. The molecule has 5 nitrogen and oxygen atoms in total. The number of amides is 1. The molecule has 1 fully saturated rings. The van der Waals surface area contributed by atoms with Gasteiger partial charge in [0.15, 0.2) is 0 Å². The van der Waals surface area contributed by atoms with Gasteiger partial charge >= 0.3 is 5.97 Å². The first kappa shape index (κ1) is 15.5. The number of carbonyl (C=O) groups is 2. The summed E-state index contributed by atoms with van der Waals surface area (Å²) in [6.07, 6.45) is 1.95. The molecule has 114 valence electrons. The Labute approximate surface area is 124 Å². The fraction of sp³-hybridized carbons (Fsp3) is 0.500. The standard InChI is InChI=1S/C16H21NO4/c1-11(10-15(18)19)17-16(20)14-4-2-12(3-5-14)13-6-8-21-9-7-13/h2-5,11,13H,6-10H2,1H3,(H,17,20)(H,18,19). The van der Waals surface area contributed by atoms with E-state index >= 15 is 0 Å². The highest BCUT2D eigenvalue weighted by molar-refractivity contribution is 5.94. The topological polar surface area (TPSA) is 75.6 Å². The molecule has 1 atom stereocenters. The number of aliphatic carboxylic acids is 1. The molecule has 2 rings (SSSR count). The smallest absolute Gasteiger partial charge is 0.305 e. The molecule has 2 N–H and O–H groups in total. The van der Waals surface area contributed by atoms with Gasteiger partial charge in [0.2, 0.25) is 0 Å². The zero-order valence-electron chi connectivity index (χ0n) is 12.2. The van der Waals surface area contributed by atoms with Crippen LogP contribution in [0.5, 0.6) is 0 Å². The molecule has 1 heterocycles. The van der Waals surface area contributed by atoms with E-state index in [9.17, 15) is 9.59 Å². The average Bonchev–Trinajstić information content (AvgIpc) is 2.47. The van der Waals surface area contributed by atoms with E-state index < -0.39 is 5.97 Å². The van der Waals surface area contributed by atoms with Crippen molar-refractivity contribution in [3.05, 3.63) is 35.4 Å². The van der Waals surface area contributed by atoms with Gasteiger partial charge in [-0.05, 0) is 43.4 Å². The average molecular weight is 291 g/mol. The third kappa shape index (κ3) is 4.56. The summed E-state index contributed by atoms with van der Waals surface area (Å²) in [5, 5.41) is 11.4. The zero-order chi connectivity index (χ0) is 15.2. The molecule has 0 aliphatic carbocycles. The van der Waals surface area contributed by atoms with E-state index in [1.54, 1.807) is 19.1 Å². The van der Waals surface area contributed by atoms with Crippen molar-refractivity contribution in [2.75, 3.05) is 13.2 Å². The number of carboxylic acid groups (broad SMARTS) is 1. The first-order valence-corrected chi connectivity index (χ1v) is 7.26. The van der Waals surface area contributed by atoms with Crippen LogP contribution in [0.2, 0.25) is 0 Å². The molecule has 0 spiro atoms. The fourth-order valence-electron chi connectivity index (χ4n) is 2.56. The Morgan fingerprint density at radius 3 is 2.48 bits per heavy atom. The first-order chi connectivity index (χ1) is 10.1. The molecule has 0 aromatic heterocycles. The van der Waals surface area contributed by atoms with Crippen molar-refractivity contribution in [3.8, 4) is 0 Å². The molecule has 1 aromatic carbocycles. The van der Waals surface area contributed by atoms with Crippen molar-refractivity contribution < 1.29 is 19.4 Å². The van der Waals surface area contributed by atoms with Gasteiger partial charge in [-0.15, -0.1) is 0 Å². The van der Waals surface area contributed by atoms with Gasteiger partial charge in [0.05, 0.1) is 6.42 Å². The Hall–Kier alpha value is -1.88. The van der Waals surface area contributed by atoms with Crippen molar-refractivity contribution in [3.63, 3.8) is 0 Å². The summed E-state index contributed by atoms with van der Waals surface area (Å²) in [6, 6.07) is 7.17. The van der Waals surface area contributed by atoms with Crippen molar-refractivity contribution in [2.45, 2.75) is 38.1 Å². The van der Waals surface area contributed by atoms with Gasteiger partial charge < -0.3 is 15.2 Å². The maximum Gasteiger partial charge on any atom is 0.305 e. The Bertz CT molecular complexity index is 492. The van der Waals surface area contributed by atoms with Crippen molar-refractivity contribution in [1.82, 2.24) is 5.32 Å². The number of carbonyl (C=O) groups excluding carboxylic acids is 1. The van der Waals surface area contributed by atoms with Gasteiger partial charge in [-0.2, -0.15) is 0 Å². The van der Waals surface area contributed by atoms with Gasteiger partial charge in [0, 0.05) is 24.8 Å². The van der Waals surface area contributed by atoms with Crippen LogP contribution in [0.15, 0.2) is 24.3 Å². The lowest BCUT2D eigenvalue weighted by molar-refractivity contribution is -0.137. The van der Waals surface area contributed by atoms with Crippen LogP contribution in [0, 0.1) is 0 Å². The molecule has 21 heavy (non-hydrogen) atoms. The highest BCUT2D eigenvalue weighted by atomic mass is 16.5. The van der Waals surface area contributed by atoms with Crippen LogP contribution in [0.1, 0.15) is 48.0 Å². The Balaban J connectivity index is 1.94. The molecule has 0 radical (unpaired) electrons. The summed E-state index contributed by atoms with van der Waals surface area (Å²) in [6.45, 7) is 3.27. The monoisotopic (exact) mass is 291 g/mol. The normalized spacial score (nSPS) is 17.2. The molecule has 0 bridgehead atoms. The predicted octanol–water partition coefficient (Wildman–Crippen LogP) is 2.17. The second-order valence-corrected chi connectivity index (χ2v) is 5.48. The third-order valence-corrected chi connectivity index (χ3v) is 3.72. The number of hydrogen-bond acceptors (Lipinski definition) is 3. The summed E-state index contributed by atoms with van der Waals surface area (Å²) >= 11 is 0. The second kappa shape index (κ2) is 7.22. The predicted molar refractivity (Wildman–Crippen MR) is 78.4 cm³/mol. The number of nitrogens with one attached hydrogen (secondary N) is 1. The van der Waals surface area contributed by atoms with Crippen LogP contribution in [0.3, 0.4) is 0 Å². The summed E-state index contributed by atoms with van der Waals surface area (Å²) < 4.78 is 5.35. The molecule has 1 saturated heterocycles. The fourth-order valence-corrected chi connectivity index (χ4v) is 2.56. The minimum Gasteiger partial charge on any atom is -0.481 e. The van der Waals surface area contributed by atoms with Crippen molar-refractivity contribution in [1.29, 1.82) is 0 Å². The molecule has 0 saturated carbocycles. The Kier molecular flexibility index (Phi) is 5.33. The van der Waals surface area contributed by atoms with Crippen LogP contribution >= 0.6 is 0 Å². The number of carboxylic acids is 1. The van der Waals surface area contributed by atoms with Gasteiger partial charge in [-0.25, -0.2) is 0 Å². The molecule has 1 amide bonds. The summed E-state index contributed by atoms with van der Waals surface area (Å²) in [5.74, 6) is -0.651. The number of hydrogen-bond donors (Lipinski definition) is 2. The molecule has 1 unspecified atom stereocenters. The highest BCUT2D eigenvalue weighted by Gasteiger charge is 2.17. The third-order valence-electron chi connectivity index (χ3n) is 3.72. The lowest BCUT2D eigenvalue weighted by Gasteiger charge is -2.22. The van der Waals surface area contributed by atoms with Crippen molar-refractivity contribution in [2.24, 2.45) is 0 Å². The summed E-state index contributed by atoms with van der Waals surface area (Å²) in [4.78, 5) is 22.6. The molecule has 1 aliphatic heterocycles. The van der Waals surface area contributed by atoms with Crippen LogP contribution in [-0.2, 0) is 9.53 Å². The van der Waals surface area contributed by atoms with E-state index in [0.717, 1.165) is 26.1 Å². The quantitative estimate of drug-likeness (QED) is 0.872. The molecular formula is C16H21NO4. The van der Waals surface area contributed by atoms with Crippen LogP contribution in [0.4, 0.5) is 0 Å². The van der Waals surface area contributed by atoms with Crippen molar-refractivity contribution >= 4 is 11.9 Å². The summed E-state index contributed by atoms with van der Waals surface area (Å²) in [5.41, 5.74) is 1.79. The number of benzene rings is 1. The lowest BCUT2D eigenvalue weighted by Crippen LogP contribution is -2.34. The molecule has 1 aromatic rings. The molecule has 5 heteroatoms. The number of ether oxygens (including phenoxy) is 1. The Morgan fingerprint density at radius 2 is 1.90 bits per heavy atom. The zero-order valence-corrected chi connectivity index (χ0v) is 12.2. The second-order valence-electron chi connectivity index (χ2n) is 5.48. The molecular weight excluding hydrogens is 270 g/mol. The van der Waals surface area contributed by atoms with Crippen LogP contribution in [-0.4, -0.2) is 36.2 Å². The van der Waals surface area contributed by atoms with Gasteiger partial charge in [-0.1, -0.05) is 12.1 Å². The van der Waals surface area contributed by atoms with E-state index in [0.29, 0.717) is 11.5 Å². The van der Waals surface area contributed by atoms with E-state index in [1.807, 2.05) is 12.1 Å². The van der Waals surface area contributed by atoms with E-state index in [1.165, 1.54) is 5.56 Å².